The third-order valence-electron chi connectivity index (χ3n) is 6.41. The number of halogens is 1. The van der Waals surface area contributed by atoms with Crippen LogP contribution in [-0.2, 0) is 0 Å². The molecule has 1 aromatic carbocycles. The van der Waals surface area contributed by atoms with Gasteiger partial charge in [0, 0.05) is 74.3 Å². The van der Waals surface area contributed by atoms with Gasteiger partial charge in [-0.15, -0.1) is 23.7 Å². The van der Waals surface area contributed by atoms with Crippen molar-refractivity contribution in [3.63, 3.8) is 0 Å². The molecule has 2 fully saturated rings. The number of piperidine rings is 1. The average molecular weight is 544 g/mol. The quantitative estimate of drug-likeness (QED) is 0.425. The predicted octanol–water partition coefficient (Wildman–Crippen LogP) is 2.09. The minimum Gasteiger partial charge on any atom is -0.365 e. The molecule has 2 aliphatic rings. The first-order valence-corrected chi connectivity index (χ1v) is 12.8. The number of benzene rings is 1. The summed E-state index contributed by atoms with van der Waals surface area (Å²) < 4.78 is 0. The average Bonchev–Trinajstić information content (AvgIpc) is 3.43. The van der Waals surface area contributed by atoms with Crippen molar-refractivity contribution in [1.82, 2.24) is 19.9 Å². The molecule has 0 aliphatic carbocycles. The van der Waals surface area contributed by atoms with Gasteiger partial charge in [0.2, 0.25) is 5.95 Å². The van der Waals surface area contributed by atoms with Crippen molar-refractivity contribution < 1.29 is 9.59 Å². The van der Waals surface area contributed by atoms with E-state index in [-0.39, 0.29) is 29.9 Å². The molecular weight excluding hydrogens is 514 g/mol. The molecule has 13 heteroatoms. The highest BCUT2D eigenvalue weighted by atomic mass is 35.5. The van der Waals surface area contributed by atoms with Crippen molar-refractivity contribution >= 4 is 58.1 Å². The zero-order valence-corrected chi connectivity index (χ0v) is 21.9. The van der Waals surface area contributed by atoms with Crippen LogP contribution in [0.1, 0.15) is 33.6 Å². The number of nitrogens with two attached hydrogens (primary N) is 2. The van der Waals surface area contributed by atoms with Gasteiger partial charge in [-0.05, 0) is 31.0 Å². The molecule has 2 aliphatic heterocycles. The summed E-state index contributed by atoms with van der Waals surface area (Å²) in [7, 11) is 0. The predicted molar refractivity (Wildman–Crippen MR) is 147 cm³/mol. The molecule has 0 bridgehead atoms. The Morgan fingerprint density at radius 1 is 1.08 bits per heavy atom. The summed E-state index contributed by atoms with van der Waals surface area (Å²) in [6, 6.07) is 7.23. The van der Waals surface area contributed by atoms with Gasteiger partial charge in [0.05, 0.1) is 0 Å². The number of rotatable bonds is 6. The van der Waals surface area contributed by atoms with E-state index < -0.39 is 5.91 Å². The van der Waals surface area contributed by atoms with Crippen LogP contribution < -0.4 is 26.6 Å². The molecule has 0 spiro atoms. The zero-order chi connectivity index (χ0) is 25.1. The molecule has 11 nitrogen and oxygen atoms in total. The van der Waals surface area contributed by atoms with Gasteiger partial charge in [-0.1, -0.05) is 6.07 Å². The van der Waals surface area contributed by atoms with Crippen molar-refractivity contribution in [2.24, 2.45) is 11.5 Å². The van der Waals surface area contributed by atoms with Crippen molar-refractivity contribution in [3.8, 4) is 0 Å². The smallest absolute Gasteiger partial charge is 0.254 e. The number of anilines is 4. The van der Waals surface area contributed by atoms with Gasteiger partial charge in [-0.25, -0.2) is 9.97 Å². The number of thiazole rings is 1. The van der Waals surface area contributed by atoms with E-state index >= 15 is 0 Å². The minimum atomic E-state index is -0.635. The Bertz CT molecular complexity index is 1230. The summed E-state index contributed by atoms with van der Waals surface area (Å²) in [6.07, 6.45) is 5.14. The highest BCUT2D eigenvalue weighted by Crippen LogP contribution is 2.24. The lowest BCUT2D eigenvalue weighted by atomic mass is 10.1. The molecular formula is C24H30ClN9O2S. The SMILES string of the molecule is Cl.NC(=O)c1cnc(N2CCC[C@H](N)C2)nc1Nc1cccc(C(=O)N2CCN(c3nccs3)CC2)c1. The van der Waals surface area contributed by atoms with E-state index in [9.17, 15) is 9.59 Å². The summed E-state index contributed by atoms with van der Waals surface area (Å²) in [5.74, 6) is 0.110. The second kappa shape index (κ2) is 11.7. The number of carbonyl (C=O) groups is 2. The minimum absolute atomic E-state index is 0. The summed E-state index contributed by atoms with van der Waals surface area (Å²) in [4.78, 5) is 44.6. The highest BCUT2D eigenvalue weighted by molar-refractivity contribution is 7.13. The molecule has 3 aromatic rings. The van der Waals surface area contributed by atoms with Crippen LogP contribution in [-0.4, -0.2) is 77.0 Å². The second-order valence-corrected chi connectivity index (χ2v) is 9.82. The number of hydrogen-bond donors (Lipinski definition) is 3. The maximum atomic E-state index is 13.2. The Balaban J connectivity index is 0.00000320. The van der Waals surface area contributed by atoms with E-state index in [0.29, 0.717) is 42.7 Å². The van der Waals surface area contributed by atoms with Crippen LogP contribution in [0.4, 0.5) is 22.6 Å². The van der Waals surface area contributed by atoms with Gasteiger partial charge in [0.25, 0.3) is 11.8 Å². The van der Waals surface area contributed by atoms with E-state index in [0.717, 1.165) is 37.6 Å². The lowest BCUT2D eigenvalue weighted by Crippen LogP contribution is -2.48. The lowest BCUT2D eigenvalue weighted by molar-refractivity contribution is 0.0746. The molecule has 2 amide bonds. The summed E-state index contributed by atoms with van der Waals surface area (Å²) >= 11 is 1.60. The van der Waals surface area contributed by atoms with Gasteiger partial charge < -0.3 is 31.5 Å². The Hall–Kier alpha value is -3.48. The maximum Gasteiger partial charge on any atom is 0.254 e. The van der Waals surface area contributed by atoms with Crippen LogP contribution in [0.2, 0.25) is 0 Å². The molecule has 2 aromatic heterocycles. The van der Waals surface area contributed by atoms with Crippen LogP contribution in [0.15, 0.2) is 42.0 Å². The van der Waals surface area contributed by atoms with Gasteiger partial charge in [0.1, 0.15) is 11.4 Å². The fourth-order valence-electron chi connectivity index (χ4n) is 4.51. The van der Waals surface area contributed by atoms with Crippen LogP contribution in [0.5, 0.6) is 0 Å². The fraction of sp³-hybridized carbons (Fsp3) is 0.375. The number of hydrogen-bond acceptors (Lipinski definition) is 10. The number of nitrogens with zero attached hydrogens (tertiary/aromatic N) is 6. The normalized spacial score (nSPS) is 17.8. The summed E-state index contributed by atoms with van der Waals surface area (Å²) in [5, 5.41) is 6.11. The van der Waals surface area contributed by atoms with E-state index in [1.165, 1.54) is 6.20 Å². The molecule has 37 heavy (non-hydrogen) atoms. The molecule has 4 heterocycles. The van der Waals surface area contributed by atoms with Gasteiger partial charge in [-0.3, -0.25) is 9.59 Å². The molecule has 5 rings (SSSR count). The van der Waals surface area contributed by atoms with Crippen molar-refractivity contribution in [2.75, 3.05) is 54.4 Å². The molecule has 0 saturated carbocycles. The number of nitrogens with one attached hydrogen (secondary N) is 1. The number of primary amides is 1. The van der Waals surface area contributed by atoms with E-state index in [1.807, 2.05) is 21.2 Å². The Morgan fingerprint density at radius 3 is 2.59 bits per heavy atom. The highest BCUT2D eigenvalue weighted by Gasteiger charge is 2.24. The monoisotopic (exact) mass is 543 g/mol. The summed E-state index contributed by atoms with van der Waals surface area (Å²) in [6.45, 7) is 4.16. The van der Waals surface area contributed by atoms with E-state index in [1.54, 1.807) is 35.7 Å². The lowest BCUT2D eigenvalue weighted by Gasteiger charge is -2.34. The van der Waals surface area contributed by atoms with Crippen molar-refractivity contribution in [3.05, 3.63) is 53.2 Å². The largest absolute Gasteiger partial charge is 0.365 e. The maximum absolute atomic E-state index is 13.2. The van der Waals surface area contributed by atoms with Gasteiger partial charge >= 0.3 is 0 Å². The first-order chi connectivity index (χ1) is 17.5. The Labute approximate surface area is 225 Å². The van der Waals surface area contributed by atoms with Gasteiger partial charge in [0.15, 0.2) is 5.13 Å². The molecule has 196 valence electrons. The number of aromatic nitrogens is 3. The fourth-order valence-corrected chi connectivity index (χ4v) is 5.21. The first kappa shape index (κ1) is 26.6. The van der Waals surface area contributed by atoms with E-state index in [4.69, 9.17) is 11.5 Å². The number of carbonyl (C=O) groups excluding carboxylic acids is 2. The molecule has 2 saturated heterocycles. The third kappa shape index (κ3) is 6.09. The van der Waals surface area contributed by atoms with Crippen LogP contribution in [0.3, 0.4) is 0 Å². The standard InChI is InChI=1S/C24H29N9O2S.ClH/c25-17-4-2-7-33(15-17)23-28-14-19(20(26)34)21(30-23)29-18-5-1-3-16(13-18)22(35)31-8-10-32(11-9-31)24-27-6-12-36-24;/h1,3,5-6,12-14,17H,2,4,7-11,15,25H2,(H2,26,34)(H,28,29,30);1H/t17-;/m0./s1. The summed E-state index contributed by atoms with van der Waals surface area (Å²) in [5.41, 5.74) is 13.1. The van der Waals surface area contributed by atoms with Crippen molar-refractivity contribution in [2.45, 2.75) is 18.9 Å². The van der Waals surface area contributed by atoms with Crippen molar-refractivity contribution in [1.29, 1.82) is 0 Å². The second-order valence-electron chi connectivity index (χ2n) is 8.94. The Kier molecular flexibility index (Phi) is 8.41. The Morgan fingerprint density at radius 2 is 1.89 bits per heavy atom. The topological polar surface area (TPSA) is 147 Å². The van der Waals surface area contributed by atoms with Crippen LogP contribution in [0.25, 0.3) is 0 Å². The molecule has 0 unspecified atom stereocenters. The molecule has 0 radical (unpaired) electrons. The van der Waals surface area contributed by atoms with Crippen LogP contribution in [0, 0.1) is 0 Å². The number of amides is 2. The molecule has 5 N–H and O–H groups in total. The van der Waals surface area contributed by atoms with Crippen LogP contribution >= 0.6 is 23.7 Å². The third-order valence-corrected chi connectivity index (χ3v) is 7.24. The molecule has 1 atom stereocenters. The van der Waals surface area contributed by atoms with Gasteiger partial charge in [-0.2, -0.15) is 4.98 Å². The zero-order valence-electron chi connectivity index (χ0n) is 20.2. The number of piperazine rings is 1. The first-order valence-electron chi connectivity index (χ1n) is 12.0. The van der Waals surface area contributed by atoms with E-state index in [2.05, 4.69) is 25.2 Å².